The summed E-state index contributed by atoms with van der Waals surface area (Å²) < 4.78 is 5.24. The van der Waals surface area contributed by atoms with Crippen LogP contribution in [-0.2, 0) is 9.53 Å². The zero-order chi connectivity index (χ0) is 13.1. The maximum Gasteiger partial charge on any atom is 0.235 e. The van der Waals surface area contributed by atoms with E-state index in [1.807, 2.05) is 6.92 Å². The van der Waals surface area contributed by atoms with Crippen LogP contribution in [0.25, 0.3) is 0 Å². The first-order chi connectivity index (χ1) is 7.97. The van der Waals surface area contributed by atoms with Gasteiger partial charge in [-0.3, -0.25) is 4.79 Å². The lowest BCUT2D eigenvalue weighted by molar-refractivity contribution is -0.148. The molecule has 0 aliphatic carbocycles. The number of aliphatic hydroxyl groups is 1. The molecule has 17 heavy (non-hydrogen) atoms. The highest BCUT2D eigenvalue weighted by Crippen LogP contribution is 2.26. The van der Waals surface area contributed by atoms with E-state index in [1.54, 1.807) is 11.8 Å². The summed E-state index contributed by atoms with van der Waals surface area (Å²) in [7, 11) is 0. The van der Waals surface area contributed by atoms with Crippen molar-refractivity contribution in [3.05, 3.63) is 0 Å². The molecule has 1 aliphatic rings. The summed E-state index contributed by atoms with van der Waals surface area (Å²) in [6.07, 6.45) is 0.552. The Morgan fingerprint density at radius 2 is 2.35 bits per heavy atom. The van der Waals surface area contributed by atoms with Crippen LogP contribution in [0, 0.1) is 5.41 Å². The molecule has 5 nitrogen and oxygen atoms in total. The molecule has 1 rings (SSSR count). The molecular formula is C11H20N2O3S. The molecule has 1 aliphatic heterocycles. The van der Waals surface area contributed by atoms with Gasteiger partial charge in [-0.2, -0.15) is 0 Å². The molecule has 1 saturated heterocycles. The van der Waals surface area contributed by atoms with Gasteiger partial charge < -0.3 is 20.5 Å². The van der Waals surface area contributed by atoms with E-state index in [0.29, 0.717) is 26.2 Å². The fourth-order valence-corrected chi connectivity index (χ4v) is 2.05. The van der Waals surface area contributed by atoms with Crippen LogP contribution in [0.3, 0.4) is 0 Å². The van der Waals surface area contributed by atoms with Crippen LogP contribution in [0.5, 0.6) is 0 Å². The Labute approximate surface area is 107 Å². The number of hydrogen-bond donors (Lipinski definition) is 2. The van der Waals surface area contributed by atoms with Crippen LogP contribution in [0.1, 0.15) is 20.3 Å². The number of nitrogens with two attached hydrogens (primary N) is 1. The number of morpholine rings is 1. The molecule has 6 heteroatoms. The highest BCUT2D eigenvalue weighted by atomic mass is 32.1. The molecule has 3 N–H and O–H groups in total. The second-order valence-corrected chi connectivity index (χ2v) is 4.90. The number of amides is 1. The largest absolute Gasteiger partial charge is 0.394 e. The maximum atomic E-state index is 12.5. The third kappa shape index (κ3) is 2.75. The zero-order valence-electron chi connectivity index (χ0n) is 10.3. The van der Waals surface area contributed by atoms with E-state index in [-0.39, 0.29) is 23.5 Å². The summed E-state index contributed by atoms with van der Waals surface area (Å²) in [4.78, 5) is 14.3. The first-order valence-electron chi connectivity index (χ1n) is 5.77. The molecule has 0 radical (unpaired) electrons. The smallest absolute Gasteiger partial charge is 0.235 e. The number of carbonyl (C=O) groups excluding carboxylic acids is 1. The van der Waals surface area contributed by atoms with E-state index >= 15 is 0 Å². The van der Waals surface area contributed by atoms with Crippen LogP contribution in [0.15, 0.2) is 0 Å². The number of hydrogen-bond acceptors (Lipinski definition) is 4. The molecule has 0 spiro atoms. The SMILES string of the molecule is CCC(C)(C(=O)N1CCOCC1CO)C(N)=S. The summed E-state index contributed by atoms with van der Waals surface area (Å²) in [5.41, 5.74) is 4.83. The lowest BCUT2D eigenvalue weighted by atomic mass is 9.85. The molecule has 0 aromatic carbocycles. The van der Waals surface area contributed by atoms with Crippen molar-refractivity contribution in [1.29, 1.82) is 0 Å². The molecule has 2 unspecified atom stereocenters. The van der Waals surface area contributed by atoms with Gasteiger partial charge in [-0.1, -0.05) is 19.1 Å². The van der Waals surface area contributed by atoms with Gasteiger partial charge in [-0.05, 0) is 13.3 Å². The lowest BCUT2D eigenvalue weighted by Gasteiger charge is -2.39. The van der Waals surface area contributed by atoms with Crippen molar-refractivity contribution >= 4 is 23.1 Å². The second-order valence-electron chi connectivity index (χ2n) is 4.46. The van der Waals surface area contributed by atoms with Crippen molar-refractivity contribution in [3.8, 4) is 0 Å². The summed E-state index contributed by atoms with van der Waals surface area (Å²) in [5.74, 6) is -0.116. The first kappa shape index (κ1) is 14.3. The monoisotopic (exact) mass is 260 g/mol. The molecule has 98 valence electrons. The summed E-state index contributed by atoms with van der Waals surface area (Å²) in [6, 6.07) is -0.295. The van der Waals surface area contributed by atoms with Gasteiger partial charge in [0.1, 0.15) is 0 Å². The Balaban J connectivity index is 2.89. The van der Waals surface area contributed by atoms with E-state index in [9.17, 15) is 9.90 Å². The topological polar surface area (TPSA) is 75.8 Å². The maximum absolute atomic E-state index is 12.5. The van der Waals surface area contributed by atoms with Gasteiger partial charge in [0, 0.05) is 6.54 Å². The fraction of sp³-hybridized carbons (Fsp3) is 0.818. The predicted molar refractivity (Wildman–Crippen MR) is 68.6 cm³/mol. The lowest BCUT2D eigenvalue weighted by Crippen LogP contribution is -2.57. The molecule has 0 saturated carbocycles. The highest BCUT2D eigenvalue weighted by Gasteiger charge is 2.41. The minimum Gasteiger partial charge on any atom is -0.394 e. The average Bonchev–Trinajstić information content (AvgIpc) is 2.36. The molecule has 0 aromatic rings. The average molecular weight is 260 g/mol. The van der Waals surface area contributed by atoms with E-state index in [1.165, 1.54) is 0 Å². The normalized spacial score (nSPS) is 24.2. The zero-order valence-corrected chi connectivity index (χ0v) is 11.1. The van der Waals surface area contributed by atoms with E-state index in [0.717, 1.165) is 0 Å². The Kier molecular flexibility index (Phi) is 4.85. The Morgan fingerprint density at radius 1 is 1.71 bits per heavy atom. The number of ether oxygens (including phenoxy) is 1. The molecule has 0 bridgehead atoms. The number of thiocarbonyl (C=S) groups is 1. The van der Waals surface area contributed by atoms with Gasteiger partial charge in [0.2, 0.25) is 5.91 Å². The predicted octanol–water partition coefficient (Wildman–Crippen LogP) is -0.0915. The van der Waals surface area contributed by atoms with Crippen molar-refractivity contribution in [1.82, 2.24) is 4.90 Å². The van der Waals surface area contributed by atoms with Crippen molar-refractivity contribution in [3.63, 3.8) is 0 Å². The highest BCUT2D eigenvalue weighted by molar-refractivity contribution is 7.80. The quantitative estimate of drug-likeness (QED) is 0.691. The minimum absolute atomic E-state index is 0.108. The minimum atomic E-state index is -0.833. The molecule has 1 heterocycles. The Morgan fingerprint density at radius 3 is 2.82 bits per heavy atom. The summed E-state index contributed by atoms with van der Waals surface area (Å²) in [6.45, 7) is 4.84. The Bertz CT molecular complexity index is 311. The van der Waals surface area contributed by atoms with Crippen molar-refractivity contribution in [2.75, 3.05) is 26.4 Å². The fourth-order valence-electron chi connectivity index (χ4n) is 1.82. The number of rotatable bonds is 4. The standard InChI is InChI=1S/C11H20N2O3S/c1-3-11(2,9(12)17)10(15)13-4-5-16-7-8(13)6-14/h8,14H,3-7H2,1-2H3,(H2,12,17). The molecule has 1 fully saturated rings. The summed E-state index contributed by atoms with van der Waals surface area (Å²) >= 11 is 4.99. The number of carbonyl (C=O) groups is 1. The van der Waals surface area contributed by atoms with E-state index < -0.39 is 5.41 Å². The van der Waals surface area contributed by atoms with Gasteiger partial charge in [0.25, 0.3) is 0 Å². The van der Waals surface area contributed by atoms with Gasteiger partial charge in [0.05, 0.1) is 36.3 Å². The molecule has 0 aromatic heterocycles. The third-order valence-electron chi connectivity index (χ3n) is 3.42. The van der Waals surface area contributed by atoms with Gasteiger partial charge in [0.15, 0.2) is 0 Å². The van der Waals surface area contributed by atoms with Crippen LogP contribution in [0.2, 0.25) is 0 Å². The van der Waals surface area contributed by atoms with Crippen molar-refractivity contribution in [2.45, 2.75) is 26.3 Å². The van der Waals surface area contributed by atoms with Crippen LogP contribution >= 0.6 is 12.2 Å². The van der Waals surface area contributed by atoms with Gasteiger partial charge in [-0.25, -0.2) is 0 Å². The van der Waals surface area contributed by atoms with Crippen molar-refractivity contribution in [2.24, 2.45) is 11.1 Å². The Hall–Kier alpha value is -0.720. The molecular weight excluding hydrogens is 240 g/mol. The van der Waals surface area contributed by atoms with Crippen LogP contribution in [-0.4, -0.2) is 53.3 Å². The van der Waals surface area contributed by atoms with Crippen LogP contribution < -0.4 is 5.73 Å². The van der Waals surface area contributed by atoms with E-state index in [2.05, 4.69) is 0 Å². The van der Waals surface area contributed by atoms with E-state index in [4.69, 9.17) is 22.7 Å². The molecule has 2 atom stereocenters. The molecule has 1 amide bonds. The van der Waals surface area contributed by atoms with Crippen molar-refractivity contribution < 1.29 is 14.6 Å². The number of nitrogens with zero attached hydrogens (tertiary/aromatic N) is 1. The first-order valence-corrected chi connectivity index (χ1v) is 6.17. The van der Waals surface area contributed by atoms with Crippen LogP contribution in [0.4, 0.5) is 0 Å². The third-order valence-corrected chi connectivity index (χ3v) is 3.87. The van der Waals surface area contributed by atoms with Gasteiger partial charge >= 0.3 is 0 Å². The second kappa shape index (κ2) is 5.75. The summed E-state index contributed by atoms with van der Waals surface area (Å²) in [5, 5.41) is 9.25. The van der Waals surface area contributed by atoms with Gasteiger partial charge in [-0.15, -0.1) is 0 Å². The number of aliphatic hydroxyl groups excluding tert-OH is 1.